The van der Waals surface area contributed by atoms with E-state index >= 15 is 0 Å². The lowest BCUT2D eigenvalue weighted by atomic mass is 9.77. The standard InChI is InChI=1S/C15H23BN2O5/c1-14(2)15(3,4)23-16(22-14)11(9-19)7-10-8-17-13(21-6)18-12(10)20-5/h7-8,19H,9H2,1-6H3. The SMILES string of the molecule is COc1ncc(C=C(CO)B2OC(C)(C)C(C)(C)O2)c(OC)n1. The summed E-state index contributed by atoms with van der Waals surface area (Å²) < 4.78 is 22.1. The van der Waals surface area contributed by atoms with Gasteiger partial charge in [0.2, 0.25) is 5.88 Å². The van der Waals surface area contributed by atoms with Gasteiger partial charge in [-0.2, -0.15) is 4.98 Å². The Kier molecular flexibility index (Phi) is 4.98. The number of rotatable bonds is 5. The monoisotopic (exact) mass is 322 g/mol. The molecule has 1 aliphatic heterocycles. The summed E-state index contributed by atoms with van der Waals surface area (Å²) in [6.07, 6.45) is 3.27. The summed E-state index contributed by atoms with van der Waals surface area (Å²) in [4.78, 5) is 8.17. The van der Waals surface area contributed by atoms with E-state index in [-0.39, 0.29) is 12.6 Å². The summed E-state index contributed by atoms with van der Waals surface area (Å²) >= 11 is 0. The topological polar surface area (TPSA) is 82.9 Å². The van der Waals surface area contributed by atoms with Gasteiger partial charge in [0, 0.05) is 6.20 Å². The van der Waals surface area contributed by atoms with Crippen LogP contribution < -0.4 is 9.47 Å². The zero-order valence-corrected chi connectivity index (χ0v) is 14.4. The molecule has 1 aromatic heterocycles. The van der Waals surface area contributed by atoms with Crippen molar-refractivity contribution in [3.8, 4) is 11.9 Å². The molecule has 0 atom stereocenters. The number of hydrogen-bond donors (Lipinski definition) is 1. The molecule has 0 radical (unpaired) electrons. The molecule has 0 saturated carbocycles. The highest BCUT2D eigenvalue weighted by atomic mass is 16.7. The molecule has 126 valence electrons. The van der Waals surface area contributed by atoms with Crippen molar-refractivity contribution in [2.24, 2.45) is 0 Å². The van der Waals surface area contributed by atoms with Gasteiger partial charge in [-0.3, -0.25) is 0 Å². The fourth-order valence-electron chi connectivity index (χ4n) is 2.10. The first-order chi connectivity index (χ1) is 10.7. The maximum Gasteiger partial charge on any atom is 0.492 e. The molecule has 1 aromatic rings. The fourth-order valence-corrected chi connectivity index (χ4v) is 2.10. The summed E-state index contributed by atoms with van der Waals surface area (Å²) in [5.74, 6) is 0.347. The number of aliphatic hydroxyl groups excluding tert-OH is 1. The van der Waals surface area contributed by atoms with Crippen molar-refractivity contribution >= 4 is 13.2 Å². The molecule has 23 heavy (non-hydrogen) atoms. The van der Waals surface area contributed by atoms with Gasteiger partial charge in [0.05, 0.1) is 37.6 Å². The molecule has 8 heteroatoms. The van der Waals surface area contributed by atoms with E-state index in [0.29, 0.717) is 16.9 Å². The quantitative estimate of drug-likeness (QED) is 0.823. The van der Waals surface area contributed by atoms with Crippen LogP contribution in [0.4, 0.5) is 0 Å². The minimum Gasteiger partial charge on any atom is -0.480 e. The number of aliphatic hydroxyl groups is 1. The Morgan fingerprint density at radius 2 is 1.83 bits per heavy atom. The third kappa shape index (κ3) is 3.49. The van der Waals surface area contributed by atoms with Gasteiger partial charge in [-0.1, -0.05) is 0 Å². The fraction of sp³-hybridized carbons (Fsp3) is 0.600. The smallest absolute Gasteiger partial charge is 0.480 e. The molecule has 0 spiro atoms. The van der Waals surface area contributed by atoms with Crippen molar-refractivity contribution in [2.75, 3.05) is 20.8 Å². The molecule has 2 rings (SSSR count). The molecule has 2 heterocycles. The first-order valence-corrected chi connectivity index (χ1v) is 7.36. The van der Waals surface area contributed by atoms with Gasteiger partial charge in [-0.05, 0) is 39.2 Å². The third-order valence-electron chi connectivity index (χ3n) is 4.21. The molecular formula is C15H23BN2O5. The van der Waals surface area contributed by atoms with Crippen molar-refractivity contribution in [3.05, 3.63) is 17.2 Å². The van der Waals surface area contributed by atoms with Gasteiger partial charge in [-0.15, -0.1) is 0 Å². The van der Waals surface area contributed by atoms with Crippen LogP contribution in [-0.2, 0) is 9.31 Å². The molecule has 0 aromatic carbocycles. The van der Waals surface area contributed by atoms with Crippen LogP contribution in [0.15, 0.2) is 11.7 Å². The van der Waals surface area contributed by atoms with Crippen molar-refractivity contribution in [1.29, 1.82) is 0 Å². The number of nitrogens with zero attached hydrogens (tertiary/aromatic N) is 2. The largest absolute Gasteiger partial charge is 0.492 e. The zero-order valence-electron chi connectivity index (χ0n) is 14.4. The predicted molar refractivity (Wildman–Crippen MR) is 86.3 cm³/mol. The Balaban J connectivity index is 2.33. The summed E-state index contributed by atoms with van der Waals surface area (Å²) in [7, 11) is 2.34. The second kappa shape index (κ2) is 6.47. The van der Waals surface area contributed by atoms with Gasteiger partial charge in [-0.25, -0.2) is 4.98 Å². The average molecular weight is 322 g/mol. The molecule has 0 bridgehead atoms. The Hall–Kier alpha value is -1.64. The van der Waals surface area contributed by atoms with E-state index < -0.39 is 18.3 Å². The highest BCUT2D eigenvalue weighted by Gasteiger charge is 2.52. The van der Waals surface area contributed by atoms with Gasteiger partial charge in [0.1, 0.15) is 0 Å². The van der Waals surface area contributed by atoms with E-state index in [9.17, 15) is 5.11 Å². The highest BCUT2D eigenvalue weighted by molar-refractivity contribution is 6.55. The minimum absolute atomic E-state index is 0.209. The van der Waals surface area contributed by atoms with Gasteiger partial charge in [0.25, 0.3) is 0 Å². The maximum atomic E-state index is 9.72. The number of methoxy groups -OCH3 is 2. The van der Waals surface area contributed by atoms with E-state index in [1.165, 1.54) is 14.2 Å². The summed E-state index contributed by atoms with van der Waals surface area (Å²) in [6, 6.07) is 0.209. The van der Waals surface area contributed by atoms with Gasteiger partial charge in [0.15, 0.2) is 0 Å². The van der Waals surface area contributed by atoms with Gasteiger partial charge < -0.3 is 23.9 Å². The van der Waals surface area contributed by atoms with E-state index in [1.54, 1.807) is 12.3 Å². The molecule has 7 nitrogen and oxygen atoms in total. The lowest BCUT2D eigenvalue weighted by molar-refractivity contribution is 0.00578. The number of ether oxygens (including phenoxy) is 2. The van der Waals surface area contributed by atoms with Crippen LogP contribution in [0.3, 0.4) is 0 Å². The molecule has 0 aliphatic carbocycles. The van der Waals surface area contributed by atoms with Crippen molar-refractivity contribution < 1.29 is 23.9 Å². The van der Waals surface area contributed by atoms with Crippen molar-refractivity contribution in [1.82, 2.24) is 9.97 Å². The summed E-state index contributed by atoms with van der Waals surface area (Å²) in [6.45, 7) is 7.61. The summed E-state index contributed by atoms with van der Waals surface area (Å²) in [5.41, 5.74) is 0.210. The Labute approximate surface area is 136 Å². The molecule has 0 unspecified atom stereocenters. The molecule has 1 saturated heterocycles. The first-order valence-electron chi connectivity index (χ1n) is 7.36. The second-order valence-corrected chi connectivity index (χ2v) is 6.29. The van der Waals surface area contributed by atoms with Crippen LogP contribution in [0.25, 0.3) is 6.08 Å². The predicted octanol–water partition coefficient (Wildman–Crippen LogP) is 1.50. The van der Waals surface area contributed by atoms with Crippen LogP contribution in [-0.4, -0.2) is 54.2 Å². The van der Waals surface area contributed by atoms with E-state index in [1.807, 2.05) is 27.7 Å². The van der Waals surface area contributed by atoms with E-state index in [4.69, 9.17) is 18.8 Å². The van der Waals surface area contributed by atoms with Crippen LogP contribution in [0, 0.1) is 0 Å². The lowest BCUT2D eigenvalue weighted by Crippen LogP contribution is -2.41. The Morgan fingerprint density at radius 3 is 2.30 bits per heavy atom. The number of aromatic nitrogens is 2. The van der Waals surface area contributed by atoms with Crippen molar-refractivity contribution in [3.63, 3.8) is 0 Å². The van der Waals surface area contributed by atoms with Crippen LogP contribution >= 0.6 is 0 Å². The molecular weight excluding hydrogens is 299 g/mol. The highest BCUT2D eigenvalue weighted by Crippen LogP contribution is 2.39. The molecule has 1 fully saturated rings. The minimum atomic E-state index is -0.642. The normalized spacial score (nSPS) is 19.8. The Bertz CT molecular complexity index is 588. The van der Waals surface area contributed by atoms with Gasteiger partial charge >= 0.3 is 13.1 Å². The molecule has 1 aliphatic rings. The Morgan fingerprint density at radius 1 is 1.22 bits per heavy atom. The third-order valence-corrected chi connectivity index (χ3v) is 4.21. The van der Waals surface area contributed by atoms with Crippen LogP contribution in [0.1, 0.15) is 33.3 Å². The molecule has 0 amide bonds. The second-order valence-electron chi connectivity index (χ2n) is 6.29. The first kappa shape index (κ1) is 17.7. The number of hydrogen-bond acceptors (Lipinski definition) is 7. The van der Waals surface area contributed by atoms with E-state index in [0.717, 1.165) is 0 Å². The lowest BCUT2D eigenvalue weighted by Gasteiger charge is -2.32. The van der Waals surface area contributed by atoms with Crippen LogP contribution in [0.2, 0.25) is 0 Å². The van der Waals surface area contributed by atoms with Crippen LogP contribution in [0.5, 0.6) is 11.9 Å². The maximum absolute atomic E-state index is 9.72. The summed E-state index contributed by atoms with van der Waals surface area (Å²) in [5, 5.41) is 9.72. The zero-order chi connectivity index (χ0) is 17.3. The van der Waals surface area contributed by atoms with E-state index in [2.05, 4.69) is 9.97 Å². The average Bonchev–Trinajstić information content (AvgIpc) is 2.72. The van der Waals surface area contributed by atoms with Crippen molar-refractivity contribution in [2.45, 2.75) is 38.9 Å². The molecule has 1 N–H and O–H groups in total.